The molecule has 16 heavy (non-hydrogen) atoms. The molecule has 3 nitrogen and oxygen atoms in total. The van der Waals surface area contributed by atoms with Crippen molar-refractivity contribution in [1.82, 2.24) is 4.98 Å². The Labute approximate surface area is 94.7 Å². The lowest BCUT2D eigenvalue weighted by Crippen LogP contribution is -2.03. The smallest absolute Gasteiger partial charge is 0.0594 e. The molecule has 0 spiro atoms. The number of hydrogen-bond donors (Lipinski definition) is 2. The van der Waals surface area contributed by atoms with Gasteiger partial charge in [0, 0.05) is 23.7 Å². The predicted octanol–water partition coefficient (Wildman–Crippen LogP) is 2.49. The number of nitrogens with zero attached hydrogens (tertiary/aromatic N) is 1. The maximum atomic E-state index is 7.26. The topological polar surface area (TPSA) is 48.8 Å². The first-order valence-corrected chi connectivity index (χ1v) is 5.05. The third-order valence-corrected chi connectivity index (χ3v) is 2.22. The molecule has 79 valence electrons. The highest BCUT2D eigenvalue weighted by molar-refractivity contribution is 5.85. The molecule has 1 radical (unpaired) electrons. The van der Waals surface area contributed by atoms with E-state index in [4.69, 9.17) is 5.41 Å². The molecule has 0 aliphatic heterocycles. The lowest BCUT2D eigenvalue weighted by Gasteiger charge is -2.07. The van der Waals surface area contributed by atoms with Gasteiger partial charge in [-0.3, -0.25) is 4.98 Å². The molecule has 0 amide bonds. The highest BCUT2D eigenvalue weighted by Crippen LogP contribution is 2.12. The standard InChI is InChI=1S/C13H12N3/c14-9-11-5-1-2-7-13(11)16-10-12-6-3-4-8-15-12/h1-4,6-9,14,16H,10H2. The molecule has 1 heterocycles. The molecule has 1 aromatic carbocycles. The van der Waals surface area contributed by atoms with Gasteiger partial charge in [0.1, 0.15) is 0 Å². The van der Waals surface area contributed by atoms with E-state index in [2.05, 4.69) is 16.4 Å². The van der Waals surface area contributed by atoms with Crippen molar-refractivity contribution in [3.63, 3.8) is 0 Å². The van der Waals surface area contributed by atoms with E-state index in [1.165, 1.54) is 6.21 Å². The zero-order valence-corrected chi connectivity index (χ0v) is 8.77. The first-order valence-electron chi connectivity index (χ1n) is 5.05. The van der Waals surface area contributed by atoms with Crippen molar-refractivity contribution in [2.75, 3.05) is 5.32 Å². The minimum absolute atomic E-state index is 0.652. The van der Waals surface area contributed by atoms with Crippen LogP contribution in [0.15, 0.2) is 42.6 Å². The van der Waals surface area contributed by atoms with E-state index in [1.54, 1.807) is 12.3 Å². The molecule has 3 heteroatoms. The number of nitrogens with one attached hydrogen (secondary N) is 2. The van der Waals surface area contributed by atoms with Crippen LogP contribution < -0.4 is 5.32 Å². The van der Waals surface area contributed by atoms with E-state index < -0.39 is 0 Å². The Bertz CT molecular complexity index is 466. The summed E-state index contributed by atoms with van der Waals surface area (Å²) in [5, 5.41) is 10.5. The van der Waals surface area contributed by atoms with Crippen molar-refractivity contribution in [1.29, 1.82) is 5.41 Å². The predicted molar refractivity (Wildman–Crippen MR) is 64.7 cm³/mol. The van der Waals surface area contributed by atoms with E-state index >= 15 is 0 Å². The summed E-state index contributed by atoms with van der Waals surface area (Å²) >= 11 is 0. The zero-order valence-electron chi connectivity index (χ0n) is 8.77. The van der Waals surface area contributed by atoms with Crippen molar-refractivity contribution < 1.29 is 0 Å². The van der Waals surface area contributed by atoms with Crippen LogP contribution in [0.4, 0.5) is 5.69 Å². The lowest BCUT2D eigenvalue weighted by atomic mass is 10.2. The second-order valence-corrected chi connectivity index (χ2v) is 3.32. The molecule has 0 unspecified atom stereocenters. The number of pyridine rings is 1. The van der Waals surface area contributed by atoms with Crippen LogP contribution in [0.5, 0.6) is 0 Å². The molecule has 2 N–H and O–H groups in total. The monoisotopic (exact) mass is 210 g/mol. The third-order valence-electron chi connectivity index (χ3n) is 2.22. The summed E-state index contributed by atoms with van der Waals surface area (Å²) in [6.07, 6.45) is 3.06. The fourth-order valence-electron chi connectivity index (χ4n) is 1.41. The van der Waals surface area contributed by atoms with E-state index in [-0.39, 0.29) is 0 Å². The van der Waals surface area contributed by atoms with Crippen LogP contribution in [0.1, 0.15) is 11.3 Å². The molecular weight excluding hydrogens is 198 g/mol. The molecule has 2 rings (SSSR count). The fourth-order valence-corrected chi connectivity index (χ4v) is 1.41. The van der Waals surface area contributed by atoms with E-state index in [1.807, 2.05) is 30.3 Å². The molecule has 0 atom stereocenters. The van der Waals surface area contributed by atoms with Crippen LogP contribution in [0, 0.1) is 11.5 Å². The minimum atomic E-state index is 0.652. The van der Waals surface area contributed by atoms with Crippen LogP contribution in [0.3, 0.4) is 0 Å². The van der Waals surface area contributed by atoms with Gasteiger partial charge in [0.2, 0.25) is 0 Å². The summed E-state index contributed by atoms with van der Waals surface area (Å²) in [4.78, 5) is 4.22. The second kappa shape index (κ2) is 5.07. The minimum Gasteiger partial charge on any atom is -0.379 e. The van der Waals surface area contributed by atoms with Crippen LogP contribution in [0.2, 0.25) is 0 Å². The summed E-state index contributed by atoms with van der Waals surface area (Å²) in [6.45, 7) is 0.652. The van der Waals surface area contributed by atoms with Gasteiger partial charge in [0.25, 0.3) is 0 Å². The van der Waals surface area contributed by atoms with Gasteiger partial charge in [-0.1, -0.05) is 18.2 Å². The number of hydrogen-bond acceptors (Lipinski definition) is 3. The van der Waals surface area contributed by atoms with Crippen molar-refractivity contribution in [3.8, 4) is 0 Å². The normalized spacial score (nSPS) is 9.75. The first-order chi connectivity index (χ1) is 7.90. The summed E-state index contributed by atoms with van der Waals surface area (Å²) in [7, 11) is 0. The first kappa shape index (κ1) is 10.4. The van der Waals surface area contributed by atoms with Gasteiger partial charge >= 0.3 is 0 Å². The highest BCUT2D eigenvalue weighted by Gasteiger charge is 1.98. The van der Waals surface area contributed by atoms with Crippen molar-refractivity contribution in [3.05, 3.63) is 59.9 Å². The molecule has 0 bridgehead atoms. The summed E-state index contributed by atoms with van der Waals surface area (Å²) in [5.41, 5.74) is 2.64. The second-order valence-electron chi connectivity index (χ2n) is 3.32. The Kier molecular flexibility index (Phi) is 3.28. The molecule has 0 fully saturated rings. The molecule has 1 aromatic heterocycles. The average Bonchev–Trinajstić information content (AvgIpc) is 2.38. The zero-order chi connectivity index (χ0) is 11.2. The van der Waals surface area contributed by atoms with Crippen LogP contribution >= 0.6 is 0 Å². The van der Waals surface area contributed by atoms with Gasteiger partial charge in [-0.05, 0) is 24.3 Å². The number of benzene rings is 1. The molecule has 0 aliphatic carbocycles. The summed E-state index contributed by atoms with van der Waals surface area (Å²) < 4.78 is 0. The summed E-state index contributed by atoms with van der Waals surface area (Å²) in [5.74, 6) is 0. The van der Waals surface area contributed by atoms with Crippen molar-refractivity contribution >= 4 is 11.9 Å². The van der Waals surface area contributed by atoms with Crippen LogP contribution in [-0.2, 0) is 6.54 Å². The van der Waals surface area contributed by atoms with Crippen molar-refractivity contribution in [2.24, 2.45) is 0 Å². The van der Waals surface area contributed by atoms with Gasteiger partial charge in [-0.25, -0.2) is 0 Å². The number of rotatable bonds is 4. The molecule has 0 aliphatic rings. The Morgan fingerprint density at radius 3 is 3.00 bits per heavy atom. The Morgan fingerprint density at radius 1 is 1.31 bits per heavy atom. The maximum absolute atomic E-state index is 7.26. The van der Waals surface area contributed by atoms with Crippen LogP contribution in [-0.4, -0.2) is 11.2 Å². The Hall–Kier alpha value is -2.16. The lowest BCUT2D eigenvalue weighted by molar-refractivity contribution is 1.05. The summed E-state index contributed by atoms with van der Waals surface area (Å²) in [6, 6.07) is 14.4. The van der Waals surface area contributed by atoms with Crippen LogP contribution in [0.25, 0.3) is 0 Å². The fraction of sp³-hybridized carbons (Fsp3) is 0.0769. The number of aromatic nitrogens is 1. The number of anilines is 1. The van der Waals surface area contributed by atoms with Gasteiger partial charge in [-0.15, -0.1) is 0 Å². The SMILES string of the molecule is N=Cc1[c]cccc1NCc1ccccn1. The van der Waals surface area contributed by atoms with E-state index in [9.17, 15) is 0 Å². The van der Waals surface area contributed by atoms with Crippen molar-refractivity contribution in [2.45, 2.75) is 6.54 Å². The van der Waals surface area contributed by atoms with E-state index in [0.717, 1.165) is 16.9 Å². The molecular formula is C13H12N3. The third kappa shape index (κ3) is 2.45. The average molecular weight is 210 g/mol. The van der Waals surface area contributed by atoms with E-state index in [0.29, 0.717) is 6.54 Å². The van der Waals surface area contributed by atoms with Gasteiger partial charge in [0.05, 0.1) is 12.2 Å². The largest absolute Gasteiger partial charge is 0.379 e. The molecule has 0 saturated heterocycles. The molecule has 0 saturated carbocycles. The van der Waals surface area contributed by atoms with Gasteiger partial charge < -0.3 is 10.7 Å². The maximum Gasteiger partial charge on any atom is 0.0594 e. The highest BCUT2D eigenvalue weighted by atomic mass is 14.9. The van der Waals surface area contributed by atoms with Gasteiger partial charge in [0.15, 0.2) is 0 Å². The quantitative estimate of drug-likeness (QED) is 0.762. The van der Waals surface area contributed by atoms with Gasteiger partial charge in [-0.2, -0.15) is 0 Å². The molecule has 2 aromatic rings. The Morgan fingerprint density at radius 2 is 2.25 bits per heavy atom. The Balaban J connectivity index is 2.08.